The lowest BCUT2D eigenvalue weighted by Crippen LogP contribution is -2.36. The fourth-order valence-electron chi connectivity index (χ4n) is 3.59. The first-order valence-electron chi connectivity index (χ1n) is 10.8. The van der Waals surface area contributed by atoms with Gasteiger partial charge in [0.2, 0.25) is 11.9 Å². The van der Waals surface area contributed by atoms with Gasteiger partial charge in [0.25, 0.3) is 0 Å². The monoisotopic (exact) mass is 504 g/mol. The van der Waals surface area contributed by atoms with Crippen LogP contribution in [-0.4, -0.2) is 51.0 Å². The third-order valence-electron chi connectivity index (χ3n) is 5.04. The minimum Gasteiger partial charge on any atom is -0.489 e. The lowest BCUT2D eigenvalue weighted by Gasteiger charge is -2.24. The van der Waals surface area contributed by atoms with Crippen LogP contribution in [0.1, 0.15) is 27.2 Å². The number of rotatable bonds is 5. The van der Waals surface area contributed by atoms with Crippen LogP contribution in [0.3, 0.4) is 0 Å². The Labute approximate surface area is 207 Å². The van der Waals surface area contributed by atoms with E-state index in [1.807, 2.05) is 45.0 Å². The summed E-state index contributed by atoms with van der Waals surface area (Å²) in [4.78, 5) is 17.9. The second-order valence-corrected chi connectivity index (χ2v) is 9.78. The van der Waals surface area contributed by atoms with Crippen molar-refractivity contribution in [3.63, 3.8) is 0 Å². The Bertz CT molecular complexity index is 1150. The summed E-state index contributed by atoms with van der Waals surface area (Å²) in [6.07, 6.45) is 0.326. The highest BCUT2D eigenvalue weighted by atomic mass is 35.5. The molecule has 1 aliphatic heterocycles. The minimum absolute atomic E-state index is 0.0967. The highest BCUT2D eigenvalue weighted by Crippen LogP contribution is 2.38. The average Bonchev–Trinajstić information content (AvgIpc) is 3.36. The van der Waals surface area contributed by atoms with Gasteiger partial charge in [-0.25, -0.2) is 9.89 Å². The van der Waals surface area contributed by atoms with E-state index in [0.29, 0.717) is 46.1 Å². The Balaban J connectivity index is 1.40. The zero-order valence-corrected chi connectivity index (χ0v) is 20.6. The number of benzene rings is 2. The maximum Gasteiger partial charge on any atom is 0.410 e. The number of nitrogen functional groups attached to an aromatic ring is 1. The Morgan fingerprint density at radius 1 is 1.21 bits per heavy atom. The van der Waals surface area contributed by atoms with Crippen LogP contribution in [0.4, 0.5) is 22.4 Å². The fourth-order valence-corrected chi connectivity index (χ4v) is 4.30. The molecule has 0 aliphatic carbocycles. The van der Waals surface area contributed by atoms with E-state index in [-0.39, 0.29) is 18.1 Å². The van der Waals surface area contributed by atoms with Crippen LogP contribution in [0.25, 0.3) is 11.1 Å². The zero-order chi connectivity index (χ0) is 24.5. The summed E-state index contributed by atoms with van der Waals surface area (Å²) >= 11 is 13.1. The van der Waals surface area contributed by atoms with Crippen LogP contribution in [0, 0.1) is 0 Å². The molecule has 1 aromatic heterocycles. The van der Waals surface area contributed by atoms with Crippen molar-refractivity contribution < 1.29 is 14.3 Å². The molecular formula is C23H26Cl2N6O3. The molecular weight excluding hydrogens is 479 g/mol. The smallest absolute Gasteiger partial charge is 0.410 e. The Hall–Kier alpha value is -3.17. The summed E-state index contributed by atoms with van der Waals surface area (Å²) < 4.78 is 11.5. The van der Waals surface area contributed by atoms with Crippen LogP contribution in [-0.2, 0) is 4.74 Å². The summed E-state index contributed by atoms with van der Waals surface area (Å²) in [5, 5.41) is 10.4. The normalized spacial score (nSPS) is 15.9. The van der Waals surface area contributed by atoms with E-state index in [1.54, 1.807) is 17.0 Å². The first kappa shape index (κ1) is 24.0. The molecule has 11 heteroatoms. The van der Waals surface area contributed by atoms with Crippen LogP contribution in [0.15, 0.2) is 36.4 Å². The first-order valence-corrected chi connectivity index (χ1v) is 11.5. The van der Waals surface area contributed by atoms with Gasteiger partial charge in [-0.1, -0.05) is 35.3 Å². The van der Waals surface area contributed by atoms with E-state index in [2.05, 4.69) is 20.5 Å². The molecule has 0 spiro atoms. The van der Waals surface area contributed by atoms with Gasteiger partial charge in [-0.3, -0.25) is 0 Å². The number of nitrogens with one attached hydrogen (secondary N) is 2. The maximum absolute atomic E-state index is 12.3. The summed E-state index contributed by atoms with van der Waals surface area (Å²) in [5.41, 5.74) is 7.20. The van der Waals surface area contributed by atoms with Gasteiger partial charge in [0, 0.05) is 24.2 Å². The molecule has 1 aliphatic rings. The van der Waals surface area contributed by atoms with Gasteiger partial charge in [0.1, 0.15) is 17.5 Å². The van der Waals surface area contributed by atoms with Crippen molar-refractivity contribution in [3.8, 4) is 16.9 Å². The molecule has 180 valence electrons. The number of aromatic nitrogens is 3. The molecule has 4 N–H and O–H groups in total. The number of hydrogen-bond donors (Lipinski definition) is 3. The molecule has 1 atom stereocenters. The highest BCUT2D eigenvalue weighted by molar-refractivity contribution is 6.39. The molecule has 1 fully saturated rings. The number of ether oxygens (including phenoxy) is 2. The number of carbonyl (C=O) groups is 1. The maximum atomic E-state index is 12.3. The summed E-state index contributed by atoms with van der Waals surface area (Å²) in [6, 6.07) is 11.0. The quantitative estimate of drug-likeness (QED) is 0.420. The highest BCUT2D eigenvalue weighted by Gasteiger charge is 2.30. The van der Waals surface area contributed by atoms with Crippen molar-refractivity contribution in [2.45, 2.75) is 38.9 Å². The lowest BCUT2D eigenvalue weighted by atomic mass is 10.0. The molecule has 3 aromatic rings. The molecule has 9 nitrogen and oxygen atoms in total. The Morgan fingerprint density at radius 3 is 2.47 bits per heavy atom. The molecule has 2 heterocycles. The van der Waals surface area contributed by atoms with E-state index in [9.17, 15) is 4.79 Å². The third-order valence-corrected chi connectivity index (χ3v) is 5.64. The summed E-state index contributed by atoms with van der Waals surface area (Å²) in [7, 11) is 0. The van der Waals surface area contributed by atoms with Gasteiger partial charge in [0.15, 0.2) is 0 Å². The molecule has 1 saturated heterocycles. The van der Waals surface area contributed by atoms with Crippen LogP contribution < -0.4 is 15.8 Å². The molecule has 0 saturated carbocycles. The Morgan fingerprint density at radius 2 is 1.88 bits per heavy atom. The van der Waals surface area contributed by atoms with Gasteiger partial charge in [-0.2, -0.15) is 4.98 Å². The predicted molar refractivity (Wildman–Crippen MR) is 133 cm³/mol. The molecule has 1 amide bonds. The topological polar surface area (TPSA) is 118 Å². The van der Waals surface area contributed by atoms with E-state index < -0.39 is 5.60 Å². The molecule has 0 bridgehead atoms. The second-order valence-electron chi connectivity index (χ2n) is 8.96. The number of hydrogen-bond acceptors (Lipinski definition) is 7. The SMILES string of the molecule is CC(C)(C)OC(=O)N1CCC(Oc2ccc(-c3c(Cl)cc(Nc4n[nH]c(N)n4)cc3Cl)cc2)C1. The molecule has 2 aromatic carbocycles. The van der Waals surface area contributed by atoms with Crippen LogP contribution >= 0.6 is 23.2 Å². The number of anilines is 3. The van der Waals surface area contributed by atoms with Crippen molar-refractivity contribution in [3.05, 3.63) is 46.4 Å². The number of amides is 1. The third kappa shape index (κ3) is 5.84. The van der Waals surface area contributed by atoms with Crippen LogP contribution in [0.2, 0.25) is 10.0 Å². The van der Waals surface area contributed by atoms with Crippen molar-refractivity contribution in [2.75, 3.05) is 24.1 Å². The number of H-pyrrole nitrogens is 1. The largest absolute Gasteiger partial charge is 0.489 e. The molecule has 1 unspecified atom stereocenters. The standard InChI is InChI=1S/C23H26Cl2N6O3/c1-23(2,3)34-22(32)31-9-8-16(12-31)33-15-6-4-13(5-7-15)19-17(24)10-14(11-18(19)25)27-21-28-20(26)29-30-21/h4-7,10-11,16H,8-9,12H2,1-3H3,(H4,26,27,28,29,30). The fraction of sp³-hybridized carbons (Fsp3) is 0.348. The van der Waals surface area contributed by atoms with Crippen molar-refractivity contribution in [1.82, 2.24) is 20.1 Å². The zero-order valence-electron chi connectivity index (χ0n) is 19.1. The number of aromatic amines is 1. The van der Waals surface area contributed by atoms with E-state index >= 15 is 0 Å². The number of nitrogens with zero attached hydrogens (tertiary/aromatic N) is 3. The average molecular weight is 505 g/mol. The second kappa shape index (κ2) is 9.60. The first-order chi connectivity index (χ1) is 16.1. The molecule has 0 radical (unpaired) electrons. The summed E-state index contributed by atoms with van der Waals surface area (Å²) in [6.45, 7) is 6.65. The number of halogens is 2. The molecule has 4 rings (SSSR count). The number of carbonyl (C=O) groups excluding carboxylic acids is 1. The number of nitrogens with two attached hydrogens (primary N) is 1. The van der Waals surface area contributed by atoms with Crippen molar-refractivity contribution >= 4 is 46.9 Å². The van der Waals surface area contributed by atoms with E-state index in [1.165, 1.54) is 0 Å². The predicted octanol–water partition coefficient (Wildman–Crippen LogP) is 5.49. The number of likely N-dealkylation sites (tertiary alicyclic amines) is 1. The van der Waals surface area contributed by atoms with Gasteiger partial charge in [0.05, 0.1) is 16.6 Å². The van der Waals surface area contributed by atoms with Gasteiger partial charge < -0.3 is 25.4 Å². The van der Waals surface area contributed by atoms with Gasteiger partial charge in [-0.15, -0.1) is 5.10 Å². The lowest BCUT2D eigenvalue weighted by molar-refractivity contribution is 0.0275. The van der Waals surface area contributed by atoms with Crippen LogP contribution in [0.5, 0.6) is 5.75 Å². The van der Waals surface area contributed by atoms with Crippen molar-refractivity contribution in [1.29, 1.82) is 0 Å². The summed E-state index contributed by atoms with van der Waals surface area (Å²) in [5.74, 6) is 1.22. The molecule has 34 heavy (non-hydrogen) atoms. The van der Waals surface area contributed by atoms with E-state index in [4.69, 9.17) is 38.4 Å². The van der Waals surface area contributed by atoms with Crippen molar-refractivity contribution in [2.24, 2.45) is 0 Å². The van der Waals surface area contributed by atoms with Gasteiger partial charge in [-0.05, 0) is 50.6 Å². The van der Waals surface area contributed by atoms with Gasteiger partial charge >= 0.3 is 6.09 Å². The minimum atomic E-state index is -0.521. The Kier molecular flexibility index (Phi) is 6.77. The van der Waals surface area contributed by atoms with E-state index in [0.717, 1.165) is 12.0 Å².